The highest BCUT2D eigenvalue weighted by atomic mass is 14.9. The summed E-state index contributed by atoms with van der Waals surface area (Å²) in [6.07, 6.45) is 0. The number of nitrogens with zero attached hydrogens (tertiary/aromatic N) is 3. The highest BCUT2D eigenvalue weighted by Gasteiger charge is 2.36. The third-order valence-electron chi connectivity index (χ3n) is 14.9. The molecule has 3 aromatic heterocycles. The zero-order valence-electron chi connectivity index (χ0n) is 38.9. The van der Waals surface area contributed by atoms with Crippen LogP contribution < -0.4 is 0 Å². The largest absolute Gasteiger partial charge is 0.308 e. The summed E-state index contributed by atoms with van der Waals surface area (Å²) in [5.74, 6) is 0.721. The molecule has 0 N–H and O–H groups in total. The molecule has 3 heterocycles. The van der Waals surface area contributed by atoms with Crippen LogP contribution in [0.1, 0.15) is 25.0 Å². The highest BCUT2D eigenvalue weighted by Crippen LogP contribution is 2.51. The average molecular weight is 892 g/mol. The first-order valence-corrected chi connectivity index (χ1v) is 24.2. The van der Waals surface area contributed by atoms with Crippen molar-refractivity contribution in [3.63, 3.8) is 0 Å². The Labute approximate surface area is 407 Å². The summed E-state index contributed by atoms with van der Waals surface area (Å²) in [5.41, 5.74) is 23.4. The third kappa shape index (κ3) is 6.36. The molecule has 70 heavy (non-hydrogen) atoms. The van der Waals surface area contributed by atoms with Crippen molar-refractivity contribution in [1.82, 2.24) is 14.4 Å². The predicted octanol–water partition coefficient (Wildman–Crippen LogP) is 17.6. The minimum Gasteiger partial charge on any atom is -0.308 e. The van der Waals surface area contributed by atoms with Gasteiger partial charge in [0, 0.05) is 43.7 Å². The van der Waals surface area contributed by atoms with E-state index in [0.29, 0.717) is 0 Å². The van der Waals surface area contributed by atoms with Crippen LogP contribution in [0.15, 0.2) is 237 Å². The van der Waals surface area contributed by atoms with E-state index in [9.17, 15) is 0 Å². The van der Waals surface area contributed by atoms with E-state index in [1.54, 1.807) is 0 Å². The van der Waals surface area contributed by atoms with Crippen molar-refractivity contribution in [1.29, 1.82) is 0 Å². The van der Waals surface area contributed by atoms with Gasteiger partial charge in [-0.05, 0) is 109 Å². The Balaban J connectivity index is 0.854. The standard InChI is InChI=1S/C67H45N3/c1-67(2)59-33-29-49(37-57(59)58-38-52(30-34-60(58)67)62-41-61(43-17-8-4-9-18-43)68-66(69-62)44-19-10-5-11-20-44)46-22-13-24-48(36-46)51-28-32-54-56-26-14-25-55-53-31-27-50(39-63(53)70(65(55)56)64(54)40-51)47-23-12-21-45(35-47)42-15-6-3-7-16-42/h3-41H,1-2H3. The lowest BCUT2D eigenvalue weighted by atomic mass is 9.82. The molecular weight excluding hydrogens is 847 g/mol. The number of rotatable bonds is 7. The molecule has 10 aromatic carbocycles. The van der Waals surface area contributed by atoms with Crippen LogP contribution in [-0.2, 0) is 5.41 Å². The monoisotopic (exact) mass is 891 g/mol. The second-order valence-electron chi connectivity index (χ2n) is 19.4. The molecule has 0 radical (unpaired) electrons. The summed E-state index contributed by atoms with van der Waals surface area (Å²) in [6.45, 7) is 4.70. The Hall–Kier alpha value is -8.92. The molecule has 1 aliphatic carbocycles. The van der Waals surface area contributed by atoms with Gasteiger partial charge in [-0.1, -0.05) is 208 Å². The molecule has 0 aliphatic heterocycles. The molecule has 0 amide bonds. The van der Waals surface area contributed by atoms with Crippen molar-refractivity contribution in [3.8, 4) is 89.5 Å². The maximum absolute atomic E-state index is 5.19. The number of hydrogen-bond donors (Lipinski definition) is 0. The van der Waals surface area contributed by atoms with Gasteiger partial charge in [-0.2, -0.15) is 0 Å². The van der Waals surface area contributed by atoms with E-state index in [2.05, 4.69) is 231 Å². The van der Waals surface area contributed by atoms with E-state index < -0.39 is 0 Å². The minimum absolute atomic E-state index is 0.150. The van der Waals surface area contributed by atoms with Gasteiger partial charge >= 0.3 is 0 Å². The van der Waals surface area contributed by atoms with E-state index in [-0.39, 0.29) is 5.41 Å². The van der Waals surface area contributed by atoms with Crippen molar-refractivity contribution < 1.29 is 0 Å². The maximum Gasteiger partial charge on any atom is 0.160 e. The fraction of sp³-hybridized carbons (Fsp3) is 0.0448. The van der Waals surface area contributed by atoms with Gasteiger partial charge in [0.2, 0.25) is 0 Å². The quantitative estimate of drug-likeness (QED) is 0.160. The van der Waals surface area contributed by atoms with Crippen LogP contribution in [0.25, 0.3) is 128 Å². The lowest BCUT2D eigenvalue weighted by Gasteiger charge is -2.21. The lowest BCUT2D eigenvalue weighted by Crippen LogP contribution is -2.14. The summed E-state index contributed by atoms with van der Waals surface area (Å²) in [5, 5.41) is 5.12. The SMILES string of the molecule is CC1(C)c2ccc(-c3cccc(-c4ccc5c6cccc7c8ccc(-c9cccc(-c%10ccccc%10)c9)cc8n(c5c4)c76)c3)cc2-c2cc(-c3cc(-c4ccccc4)nc(-c4ccccc4)n3)ccc21. The van der Waals surface area contributed by atoms with Crippen LogP contribution in [0.3, 0.4) is 0 Å². The van der Waals surface area contributed by atoms with E-state index in [1.165, 1.54) is 105 Å². The molecule has 0 atom stereocenters. The normalized spacial score (nSPS) is 12.8. The van der Waals surface area contributed by atoms with Crippen LogP contribution >= 0.6 is 0 Å². The molecular formula is C67H45N3. The molecule has 0 spiro atoms. The first-order valence-electron chi connectivity index (χ1n) is 24.2. The Morgan fingerprint density at radius 1 is 0.300 bits per heavy atom. The molecule has 0 saturated heterocycles. The van der Waals surface area contributed by atoms with Crippen LogP contribution in [0.4, 0.5) is 0 Å². The molecule has 0 fully saturated rings. The number of aromatic nitrogens is 3. The summed E-state index contributed by atoms with van der Waals surface area (Å²) in [7, 11) is 0. The molecule has 13 aromatic rings. The summed E-state index contributed by atoms with van der Waals surface area (Å²) < 4.78 is 2.51. The van der Waals surface area contributed by atoms with Gasteiger partial charge in [0.05, 0.1) is 27.9 Å². The zero-order chi connectivity index (χ0) is 46.5. The van der Waals surface area contributed by atoms with Crippen LogP contribution in [0.2, 0.25) is 0 Å². The Morgan fingerprint density at radius 2 is 0.700 bits per heavy atom. The molecule has 0 bridgehead atoms. The van der Waals surface area contributed by atoms with Gasteiger partial charge in [0.25, 0.3) is 0 Å². The number of benzene rings is 10. The van der Waals surface area contributed by atoms with Gasteiger partial charge in [0.15, 0.2) is 5.82 Å². The van der Waals surface area contributed by atoms with Crippen LogP contribution in [0.5, 0.6) is 0 Å². The average Bonchev–Trinajstić information content (AvgIpc) is 4.03. The topological polar surface area (TPSA) is 30.2 Å². The second kappa shape index (κ2) is 15.6. The smallest absolute Gasteiger partial charge is 0.160 e. The van der Waals surface area contributed by atoms with Gasteiger partial charge in [-0.25, -0.2) is 9.97 Å². The van der Waals surface area contributed by atoms with E-state index in [4.69, 9.17) is 9.97 Å². The molecule has 3 heteroatoms. The minimum atomic E-state index is -0.150. The highest BCUT2D eigenvalue weighted by molar-refractivity contribution is 6.23. The van der Waals surface area contributed by atoms with Gasteiger partial charge < -0.3 is 4.40 Å². The Kier molecular flexibility index (Phi) is 8.93. The van der Waals surface area contributed by atoms with Crippen LogP contribution in [0, 0.1) is 0 Å². The molecule has 0 unspecified atom stereocenters. The van der Waals surface area contributed by atoms with E-state index in [0.717, 1.165) is 33.9 Å². The van der Waals surface area contributed by atoms with E-state index in [1.807, 2.05) is 24.3 Å². The third-order valence-corrected chi connectivity index (χ3v) is 14.9. The zero-order valence-corrected chi connectivity index (χ0v) is 38.9. The van der Waals surface area contributed by atoms with Gasteiger partial charge in [-0.15, -0.1) is 0 Å². The van der Waals surface area contributed by atoms with Crippen molar-refractivity contribution in [2.45, 2.75) is 19.3 Å². The summed E-state index contributed by atoms with van der Waals surface area (Å²) >= 11 is 0. The second-order valence-corrected chi connectivity index (χ2v) is 19.4. The Bertz CT molecular complexity index is 4130. The van der Waals surface area contributed by atoms with Crippen molar-refractivity contribution in [2.24, 2.45) is 0 Å². The molecule has 1 aliphatic rings. The predicted molar refractivity (Wildman–Crippen MR) is 292 cm³/mol. The first kappa shape index (κ1) is 40.2. The first-order chi connectivity index (χ1) is 34.4. The van der Waals surface area contributed by atoms with E-state index >= 15 is 0 Å². The van der Waals surface area contributed by atoms with Gasteiger partial charge in [-0.3, -0.25) is 0 Å². The molecule has 14 rings (SSSR count). The number of hydrogen-bond acceptors (Lipinski definition) is 2. The maximum atomic E-state index is 5.19. The number of fused-ring (bicyclic) bond motifs is 9. The molecule has 328 valence electrons. The van der Waals surface area contributed by atoms with Crippen molar-refractivity contribution >= 4 is 38.1 Å². The van der Waals surface area contributed by atoms with Gasteiger partial charge in [0.1, 0.15) is 0 Å². The molecule has 3 nitrogen and oxygen atoms in total. The number of para-hydroxylation sites is 1. The summed E-state index contributed by atoms with van der Waals surface area (Å²) in [6, 6.07) is 86.2. The summed E-state index contributed by atoms with van der Waals surface area (Å²) in [4.78, 5) is 10.3. The van der Waals surface area contributed by atoms with Crippen LogP contribution in [-0.4, -0.2) is 14.4 Å². The van der Waals surface area contributed by atoms with Crippen molar-refractivity contribution in [3.05, 3.63) is 248 Å². The lowest BCUT2D eigenvalue weighted by molar-refractivity contribution is 0.660. The fourth-order valence-corrected chi connectivity index (χ4v) is 11.4. The molecule has 0 saturated carbocycles. The fourth-order valence-electron chi connectivity index (χ4n) is 11.4. The Morgan fingerprint density at radius 3 is 1.26 bits per heavy atom. The van der Waals surface area contributed by atoms with Crippen molar-refractivity contribution in [2.75, 3.05) is 0 Å².